The minimum Gasteiger partial charge on any atom is -0.397 e. The molecular weight excluding hydrogens is 196 g/mol. The average Bonchev–Trinajstić information content (AvgIpc) is 2.14. The molecule has 0 unspecified atom stereocenters. The molecule has 0 atom stereocenters. The van der Waals surface area contributed by atoms with Gasteiger partial charge in [0, 0.05) is 5.56 Å². The largest absolute Gasteiger partial charge is 0.397 e. The van der Waals surface area contributed by atoms with E-state index in [1.54, 1.807) is 6.07 Å². The van der Waals surface area contributed by atoms with Crippen LogP contribution in [0.2, 0.25) is 5.02 Å². The Kier molecular flexibility index (Phi) is 3.40. The van der Waals surface area contributed by atoms with Crippen molar-refractivity contribution in [2.45, 2.75) is 13.3 Å². The Morgan fingerprint density at radius 2 is 2.21 bits per heavy atom. The molecule has 2 nitrogen and oxygen atoms in total. The summed E-state index contributed by atoms with van der Waals surface area (Å²) in [6.07, 6.45) is 0.223. The summed E-state index contributed by atoms with van der Waals surface area (Å²) in [5, 5.41) is 8.80. The summed E-state index contributed by atoms with van der Waals surface area (Å²) >= 11 is 5.87. The van der Waals surface area contributed by atoms with Crippen molar-refractivity contribution in [2.24, 2.45) is 0 Å². The Morgan fingerprint density at radius 3 is 2.79 bits per heavy atom. The molecule has 0 radical (unpaired) electrons. The summed E-state index contributed by atoms with van der Waals surface area (Å²) in [7, 11) is 0. The van der Waals surface area contributed by atoms with E-state index in [-0.39, 0.29) is 6.42 Å². The maximum atomic E-state index is 8.30. The summed E-state index contributed by atoms with van der Waals surface area (Å²) in [6, 6.07) is 5.50. The van der Waals surface area contributed by atoms with E-state index < -0.39 is 0 Å². The number of hydrogen-bond donors (Lipinski definition) is 1. The van der Waals surface area contributed by atoms with Gasteiger partial charge in [-0.25, -0.2) is 0 Å². The molecule has 70 valence electrons. The second-order valence-corrected chi connectivity index (χ2v) is 3.23. The van der Waals surface area contributed by atoms with Gasteiger partial charge in [-0.05, 0) is 24.6 Å². The van der Waals surface area contributed by atoms with Gasteiger partial charge in [-0.1, -0.05) is 23.4 Å². The molecule has 0 amide bonds. The fraction of sp³-hybridized carbons (Fsp3) is 0.182. The molecule has 0 spiro atoms. The van der Waals surface area contributed by atoms with E-state index in [0.717, 1.165) is 11.1 Å². The highest BCUT2D eigenvalue weighted by atomic mass is 35.5. The topological polar surface area (TPSA) is 49.8 Å². The highest BCUT2D eigenvalue weighted by Gasteiger charge is 2.00. The van der Waals surface area contributed by atoms with Gasteiger partial charge in [-0.2, -0.15) is 5.26 Å². The van der Waals surface area contributed by atoms with Crippen LogP contribution < -0.4 is 5.73 Å². The zero-order chi connectivity index (χ0) is 10.6. The molecule has 0 saturated carbocycles. The Bertz CT molecular complexity index is 424. The number of nitrogen functional groups attached to an aromatic ring is 1. The molecule has 1 aromatic carbocycles. The minimum absolute atomic E-state index is 0.223. The normalized spacial score (nSPS) is 8.64. The standard InChI is InChI=1S/C11H9ClN2/c1-8-6-9(4-2-3-5-13)7-10(12)11(8)14/h6-7H,3,14H2,1H3. The van der Waals surface area contributed by atoms with Crippen LogP contribution in [0.25, 0.3) is 0 Å². The van der Waals surface area contributed by atoms with Crippen LogP contribution in [0.1, 0.15) is 17.5 Å². The van der Waals surface area contributed by atoms with Crippen LogP contribution in [0.15, 0.2) is 12.1 Å². The molecule has 1 rings (SSSR count). The summed E-state index contributed by atoms with van der Waals surface area (Å²) in [4.78, 5) is 0. The van der Waals surface area contributed by atoms with E-state index in [1.165, 1.54) is 0 Å². The van der Waals surface area contributed by atoms with Gasteiger partial charge < -0.3 is 5.73 Å². The van der Waals surface area contributed by atoms with E-state index >= 15 is 0 Å². The second-order valence-electron chi connectivity index (χ2n) is 2.83. The smallest absolute Gasteiger partial charge is 0.0966 e. The molecule has 0 saturated heterocycles. The predicted octanol–water partition coefficient (Wildman–Crippen LogP) is 2.50. The van der Waals surface area contributed by atoms with Gasteiger partial charge in [0.1, 0.15) is 0 Å². The van der Waals surface area contributed by atoms with Crippen LogP contribution in [0.4, 0.5) is 5.69 Å². The number of anilines is 1. The Labute approximate surface area is 88.3 Å². The lowest BCUT2D eigenvalue weighted by Gasteiger charge is -2.02. The van der Waals surface area contributed by atoms with Crippen LogP contribution >= 0.6 is 11.6 Å². The van der Waals surface area contributed by atoms with Gasteiger partial charge in [-0.15, -0.1) is 0 Å². The number of aryl methyl sites for hydroxylation is 1. The van der Waals surface area contributed by atoms with Crippen molar-refractivity contribution >= 4 is 17.3 Å². The number of halogens is 1. The van der Waals surface area contributed by atoms with Crippen LogP contribution in [-0.2, 0) is 0 Å². The molecule has 0 fully saturated rings. The van der Waals surface area contributed by atoms with Gasteiger partial charge in [0.15, 0.2) is 0 Å². The van der Waals surface area contributed by atoms with Crippen LogP contribution in [-0.4, -0.2) is 0 Å². The summed E-state index contributed by atoms with van der Waals surface area (Å²) < 4.78 is 0. The maximum Gasteiger partial charge on any atom is 0.0966 e. The van der Waals surface area contributed by atoms with Crippen molar-refractivity contribution < 1.29 is 0 Å². The van der Waals surface area contributed by atoms with E-state index in [1.807, 2.05) is 19.1 Å². The molecule has 0 bridgehead atoms. The quantitative estimate of drug-likeness (QED) is 0.522. The third-order valence-corrected chi connectivity index (χ3v) is 2.05. The van der Waals surface area contributed by atoms with E-state index in [4.69, 9.17) is 22.6 Å². The lowest BCUT2D eigenvalue weighted by atomic mass is 10.1. The van der Waals surface area contributed by atoms with Crippen LogP contribution in [0, 0.1) is 30.1 Å². The number of nitriles is 1. The number of nitrogens with zero attached hydrogens (tertiary/aromatic N) is 1. The predicted molar refractivity (Wildman–Crippen MR) is 57.7 cm³/mol. The maximum absolute atomic E-state index is 8.30. The summed E-state index contributed by atoms with van der Waals surface area (Å²) in [6.45, 7) is 1.87. The third-order valence-electron chi connectivity index (χ3n) is 1.74. The van der Waals surface area contributed by atoms with Gasteiger partial charge >= 0.3 is 0 Å². The highest BCUT2D eigenvalue weighted by Crippen LogP contribution is 2.23. The molecule has 0 heterocycles. The van der Waals surface area contributed by atoms with Crippen molar-refractivity contribution in [3.63, 3.8) is 0 Å². The molecular formula is C11H9ClN2. The summed E-state index contributed by atoms with van der Waals surface area (Å²) in [5.41, 5.74) is 7.94. The van der Waals surface area contributed by atoms with E-state index in [2.05, 4.69) is 11.8 Å². The highest BCUT2D eigenvalue weighted by molar-refractivity contribution is 6.33. The van der Waals surface area contributed by atoms with Crippen molar-refractivity contribution in [2.75, 3.05) is 5.73 Å². The third kappa shape index (κ3) is 2.42. The van der Waals surface area contributed by atoms with Crippen molar-refractivity contribution in [1.82, 2.24) is 0 Å². The zero-order valence-corrected chi connectivity index (χ0v) is 8.52. The lowest BCUT2D eigenvalue weighted by molar-refractivity contribution is 1.39. The lowest BCUT2D eigenvalue weighted by Crippen LogP contribution is -1.91. The zero-order valence-electron chi connectivity index (χ0n) is 7.76. The number of benzene rings is 1. The first-order chi connectivity index (χ1) is 6.65. The monoisotopic (exact) mass is 204 g/mol. The van der Waals surface area contributed by atoms with Gasteiger partial charge in [0.05, 0.1) is 23.2 Å². The SMILES string of the molecule is Cc1cc(C#CCC#N)cc(Cl)c1N. The number of hydrogen-bond acceptors (Lipinski definition) is 2. The fourth-order valence-electron chi connectivity index (χ4n) is 1.01. The minimum atomic E-state index is 0.223. The second kappa shape index (κ2) is 4.56. The Balaban J connectivity index is 3.04. The van der Waals surface area contributed by atoms with Gasteiger partial charge in [0.2, 0.25) is 0 Å². The molecule has 1 aromatic rings. The number of rotatable bonds is 0. The van der Waals surface area contributed by atoms with E-state index in [9.17, 15) is 0 Å². The molecule has 3 heteroatoms. The fourth-order valence-corrected chi connectivity index (χ4v) is 1.28. The molecule has 0 aliphatic heterocycles. The van der Waals surface area contributed by atoms with Crippen LogP contribution in [0.5, 0.6) is 0 Å². The first-order valence-electron chi connectivity index (χ1n) is 4.06. The van der Waals surface area contributed by atoms with E-state index in [0.29, 0.717) is 10.7 Å². The Hall–Kier alpha value is -1.64. The molecule has 0 aromatic heterocycles. The average molecular weight is 205 g/mol. The first-order valence-corrected chi connectivity index (χ1v) is 4.44. The van der Waals surface area contributed by atoms with Crippen LogP contribution in [0.3, 0.4) is 0 Å². The van der Waals surface area contributed by atoms with Crippen molar-refractivity contribution in [3.8, 4) is 17.9 Å². The first kappa shape index (κ1) is 10.4. The van der Waals surface area contributed by atoms with Crippen molar-refractivity contribution in [3.05, 3.63) is 28.3 Å². The molecule has 0 aliphatic rings. The number of nitrogens with two attached hydrogens (primary N) is 1. The van der Waals surface area contributed by atoms with Gasteiger partial charge in [-0.3, -0.25) is 0 Å². The molecule has 0 aliphatic carbocycles. The van der Waals surface area contributed by atoms with Gasteiger partial charge in [0.25, 0.3) is 0 Å². The Morgan fingerprint density at radius 1 is 1.50 bits per heavy atom. The van der Waals surface area contributed by atoms with Crippen molar-refractivity contribution in [1.29, 1.82) is 5.26 Å². The molecule has 14 heavy (non-hydrogen) atoms. The molecule has 2 N–H and O–H groups in total. The summed E-state index contributed by atoms with van der Waals surface area (Å²) in [5.74, 6) is 5.56.